The van der Waals surface area contributed by atoms with E-state index in [0.717, 1.165) is 42.3 Å². The maximum atomic E-state index is 4.68. The molecule has 0 radical (unpaired) electrons. The minimum atomic E-state index is 0.664. The Morgan fingerprint density at radius 1 is 0.962 bits per heavy atom. The van der Waals surface area contributed by atoms with E-state index in [4.69, 9.17) is 0 Å². The zero-order chi connectivity index (χ0) is 18.4. The predicted molar refractivity (Wildman–Crippen MR) is 108 cm³/mol. The molecule has 0 saturated heterocycles. The molecule has 5 nitrogen and oxygen atoms in total. The number of nitrogens with one attached hydrogen (secondary N) is 1. The first kappa shape index (κ1) is 17.9. The fourth-order valence-electron chi connectivity index (χ4n) is 2.75. The molecule has 0 aliphatic rings. The third kappa shape index (κ3) is 4.36. The molecule has 0 unspecified atom stereocenters. The van der Waals surface area contributed by atoms with E-state index in [-0.39, 0.29) is 0 Å². The van der Waals surface area contributed by atoms with Gasteiger partial charge in [-0.15, -0.1) is 0 Å². The average molecular weight is 347 g/mol. The molecule has 0 aliphatic carbocycles. The number of para-hydroxylation sites is 1. The van der Waals surface area contributed by atoms with Gasteiger partial charge in [-0.3, -0.25) is 4.98 Å². The van der Waals surface area contributed by atoms with Crippen LogP contribution in [0.4, 0.5) is 11.5 Å². The zero-order valence-corrected chi connectivity index (χ0v) is 15.6. The SMILES string of the molecule is Cc1nc(-c2ccccn2)nc(NCCCN(C)c2ccccc2)c1C. The van der Waals surface area contributed by atoms with E-state index in [9.17, 15) is 0 Å². The van der Waals surface area contributed by atoms with E-state index in [1.54, 1.807) is 6.20 Å². The molecule has 134 valence electrons. The van der Waals surface area contributed by atoms with Crippen molar-refractivity contribution in [1.82, 2.24) is 15.0 Å². The highest BCUT2D eigenvalue weighted by molar-refractivity contribution is 5.56. The molecule has 0 spiro atoms. The summed E-state index contributed by atoms with van der Waals surface area (Å²) in [5, 5.41) is 3.47. The molecule has 26 heavy (non-hydrogen) atoms. The van der Waals surface area contributed by atoms with Gasteiger partial charge in [0.2, 0.25) is 0 Å². The first-order valence-electron chi connectivity index (χ1n) is 8.92. The van der Waals surface area contributed by atoms with Gasteiger partial charge in [0, 0.05) is 43.3 Å². The van der Waals surface area contributed by atoms with Crippen molar-refractivity contribution in [1.29, 1.82) is 0 Å². The monoisotopic (exact) mass is 347 g/mol. The molecule has 0 bridgehead atoms. The Hall–Kier alpha value is -2.95. The number of aromatic nitrogens is 3. The normalized spacial score (nSPS) is 10.6. The fourth-order valence-corrected chi connectivity index (χ4v) is 2.75. The highest BCUT2D eigenvalue weighted by atomic mass is 15.1. The molecular weight excluding hydrogens is 322 g/mol. The van der Waals surface area contributed by atoms with Crippen LogP contribution in [0.3, 0.4) is 0 Å². The minimum absolute atomic E-state index is 0.664. The average Bonchev–Trinajstić information content (AvgIpc) is 2.69. The molecule has 1 N–H and O–H groups in total. The topological polar surface area (TPSA) is 53.9 Å². The Balaban J connectivity index is 1.62. The number of benzene rings is 1. The molecule has 0 saturated carbocycles. The highest BCUT2D eigenvalue weighted by Crippen LogP contribution is 2.20. The molecule has 3 rings (SSSR count). The molecule has 0 fully saturated rings. The van der Waals surface area contributed by atoms with Crippen LogP contribution < -0.4 is 10.2 Å². The van der Waals surface area contributed by atoms with Crippen molar-refractivity contribution in [3.63, 3.8) is 0 Å². The first-order chi connectivity index (χ1) is 12.6. The van der Waals surface area contributed by atoms with Crippen LogP contribution in [-0.2, 0) is 0 Å². The third-order valence-electron chi connectivity index (χ3n) is 4.44. The van der Waals surface area contributed by atoms with Crippen LogP contribution in [-0.4, -0.2) is 35.1 Å². The summed E-state index contributed by atoms with van der Waals surface area (Å²) >= 11 is 0. The molecule has 3 aromatic rings. The second kappa shape index (κ2) is 8.43. The van der Waals surface area contributed by atoms with Crippen LogP contribution in [0.2, 0.25) is 0 Å². The van der Waals surface area contributed by atoms with E-state index in [2.05, 4.69) is 63.4 Å². The van der Waals surface area contributed by atoms with Crippen molar-refractivity contribution < 1.29 is 0 Å². The van der Waals surface area contributed by atoms with E-state index in [0.29, 0.717) is 5.82 Å². The van der Waals surface area contributed by atoms with Gasteiger partial charge in [-0.25, -0.2) is 9.97 Å². The van der Waals surface area contributed by atoms with Gasteiger partial charge in [0.25, 0.3) is 0 Å². The number of nitrogens with zero attached hydrogens (tertiary/aromatic N) is 4. The van der Waals surface area contributed by atoms with Crippen LogP contribution in [0, 0.1) is 13.8 Å². The summed E-state index contributed by atoms with van der Waals surface area (Å²) in [6.45, 7) is 5.90. The number of hydrogen-bond acceptors (Lipinski definition) is 5. The van der Waals surface area contributed by atoms with E-state index < -0.39 is 0 Å². The van der Waals surface area contributed by atoms with Gasteiger partial charge >= 0.3 is 0 Å². The number of hydrogen-bond donors (Lipinski definition) is 1. The van der Waals surface area contributed by atoms with Gasteiger partial charge in [-0.2, -0.15) is 0 Å². The van der Waals surface area contributed by atoms with E-state index in [1.807, 2.05) is 31.2 Å². The van der Waals surface area contributed by atoms with Gasteiger partial charge in [-0.1, -0.05) is 24.3 Å². The molecule has 0 aliphatic heterocycles. The maximum Gasteiger partial charge on any atom is 0.180 e. The van der Waals surface area contributed by atoms with E-state index in [1.165, 1.54) is 5.69 Å². The van der Waals surface area contributed by atoms with Crippen molar-refractivity contribution in [3.05, 3.63) is 66.0 Å². The minimum Gasteiger partial charge on any atom is -0.375 e. The Morgan fingerprint density at radius 2 is 1.73 bits per heavy atom. The maximum absolute atomic E-state index is 4.68. The lowest BCUT2D eigenvalue weighted by Crippen LogP contribution is -2.21. The Morgan fingerprint density at radius 3 is 2.46 bits per heavy atom. The Labute approximate surface area is 155 Å². The largest absolute Gasteiger partial charge is 0.375 e. The van der Waals surface area contributed by atoms with Gasteiger partial charge in [0.15, 0.2) is 5.82 Å². The standard InChI is InChI=1S/C21H25N5/c1-16-17(2)24-21(19-12-7-8-13-22-19)25-20(16)23-14-9-15-26(3)18-10-5-4-6-11-18/h4-8,10-13H,9,14-15H2,1-3H3,(H,23,24,25). The highest BCUT2D eigenvalue weighted by Gasteiger charge is 2.10. The van der Waals surface area contributed by atoms with Gasteiger partial charge in [-0.05, 0) is 44.5 Å². The third-order valence-corrected chi connectivity index (χ3v) is 4.44. The summed E-state index contributed by atoms with van der Waals surface area (Å²) in [4.78, 5) is 15.9. The predicted octanol–water partition coefficient (Wildman–Crippen LogP) is 4.09. The smallest absolute Gasteiger partial charge is 0.180 e. The number of anilines is 2. The lowest BCUT2D eigenvalue weighted by Gasteiger charge is -2.19. The van der Waals surface area contributed by atoms with Crippen LogP contribution in [0.5, 0.6) is 0 Å². The summed E-state index contributed by atoms with van der Waals surface area (Å²) in [6, 6.07) is 16.2. The van der Waals surface area contributed by atoms with Crippen molar-refractivity contribution in [2.75, 3.05) is 30.4 Å². The summed E-state index contributed by atoms with van der Waals surface area (Å²) in [6.07, 6.45) is 2.78. The summed E-state index contributed by atoms with van der Waals surface area (Å²) in [5.74, 6) is 1.55. The van der Waals surface area contributed by atoms with Crippen molar-refractivity contribution >= 4 is 11.5 Å². The summed E-state index contributed by atoms with van der Waals surface area (Å²) < 4.78 is 0. The van der Waals surface area contributed by atoms with Crippen molar-refractivity contribution in [3.8, 4) is 11.5 Å². The summed E-state index contributed by atoms with van der Waals surface area (Å²) in [5.41, 5.74) is 4.09. The first-order valence-corrected chi connectivity index (χ1v) is 8.92. The van der Waals surface area contributed by atoms with Crippen LogP contribution in [0.1, 0.15) is 17.7 Å². The molecule has 0 amide bonds. The number of aryl methyl sites for hydroxylation is 1. The molecule has 2 heterocycles. The fraction of sp³-hybridized carbons (Fsp3) is 0.286. The molecule has 2 aromatic heterocycles. The summed E-state index contributed by atoms with van der Waals surface area (Å²) in [7, 11) is 2.12. The van der Waals surface area contributed by atoms with Crippen molar-refractivity contribution in [2.45, 2.75) is 20.3 Å². The number of rotatable bonds is 7. The van der Waals surface area contributed by atoms with Gasteiger partial charge < -0.3 is 10.2 Å². The number of pyridine rings is 1. The van der Waals surface area contributed by atoms with E-state index >= 15 is 0 Å². The molecule has 1 aromatic carbocycles. The van der Waals surface area contributed by atoms with Gasteiger partial charge in [0.1, 0.15) is 11.5 Å². The lowest BCUT2D eigenvalue weighted by molar-refractivity contribution is 0.812. The van der Waals surface area contributed by atoms with Gasteiger partial charge in [0.05, 0.1) is 0 Å². The quantitative estimate of drug-likeness (QED) is 0.652. The van der Waals surface area contributed by atoms with Crippen LogP contribution in [0.25, 0.3) is 11.5 Å². The Kier molecular flexibility index (Phi) is 5.79. The molecular formula is C21H25N5. The lowest BCUT2D eigenvalue weighted by atomic mass is 10.2. The second-order valence-corrected chi connectivity index (χ2v) is 6.36. The molecule has 0 atom stereocenters. The van der Waals surface area contributed by atoms with Crippen LogP contribution in [0.15, 0.2) is 54.7 Å². The van der Waals surface area contributed by atoms with Crippen LogP contribution >= 0.6 is 0 Å². The zero-order valence-electron chi connectivity index (χ0n) is 15.6. The van der Waals surface area contributed by atoms with Crippen molar-refractivity contribution in [2.24, 2.45) is 0 Å². The molecule has 5 heteroatoms. The second-order valence-electron chi connectivity index (χ2n) is 6.36. The Bertz CT molecular complexity index is 834.